The van der Waals surface area contributed by atoms with Crippen molar-refractivity contribution in [1.82, 2.24) is 4.90 Å². The summed E-state index contributed by atoms with van der Waals surface area (Å²) in [6.07, 6.45) is 4.17. The Labute approximate surface area is 81.3 Å². The van der Waals surface area contributed by atoms with Crippen LogP contribution in [-0.2, 0) is 9.59 Å². The molecule has 1 amide bonds. The van der Waals surface area contributed by atoms with E-state index in [2.05, 4.69) is 5.92 Å². The lowest BCUT2D eigenvalue weighted by Gasteiger charge is -2.22. The van der Waals surface area contributed by atoms with Crippen LogP contribution in [0.2, 0.25) is 0 Å². The molecule has 76 valence electrons. The van der Waals surface area contributed by atoms with Gasteiger partial charge in [0.2, 0.25) is 5.91 Å². The zero-order valence-electron chi connectivity index (χ0n) is 7.51. The van der Waals surface area contributed by atoms with E-state index < -0.39 is 18.1 Å². The number of β-amino-alcohol motifs (C(OH)–C–C–N with tert-alkyl or cyclic N) is 1. The lowest BCUT2D eigenvalue weighted by molar-refractivity contribution is -0.148. The van der Waals surface area contributed by atoms with Crippen molar-refractivity contribution in [2.24, 2.45) is 0 Å². The van der Waals surface area contributed by atoms with E-state index >= 15 is 0 Å². The van der Waals surface area contributed by atoms with Gasteiger partial charge in [-0.15, -0.1) is 12.3 Å². The number of carboxylic acids is 1. The number of aliphatic hydroxyl groups is 1. The van der Waals surface area contributed by atoms with Crippen molar-refractivity contribution >= 4 is 11.9 Å². The Morgan fingerprint density at radius 2 is 2.43 bits per heavy atom. The number of terminal acetylenes is 1. The SMILES string of the molecule is C#CCC(C(=O)O)N1CC(O)CC1=O. The van der Waals surface area contributed by atoms with Gasteiger partial charge in [-0.1, -0.05) is 0 Å². The molecule has 1 aliphatic rings. The first kappa shape index (κ1) is 10.5. The van der Waals surface area contributed by atoms with Gasteiger partial charge in [-0.2, -0.15) is 0 Å². The van der Waals surface area contributed by atoms with Crippen LogP contribution >= 0.6 is 0 Å². The lowest BCUT2D eigenvalue weighted by atomic mass is 10.2. The van der Waals surface area contributed by atoms with E-state index in [4.69, 9.17) is 16.6 Å². The molecule has 0 spiro atoms. The monoisotopic (exact) mass is 197 g/mol. The zero-order valence-corrected chi connectivity index (χ0v) is 7.51. The zero-order chi connectivity index (χ0) is 10.7. The maximum atomic E-state index is 11.2. The molecule has 1 aliphatic heterocycles. The van der Waals surface area contributed by atoms with E-state index in [-0.39, 0.29) is 25.3 Å². The minimum Gasteiger partial charge on any atom is -0.480 e. The molecule has 0 aliphatic carbocycles. The summed E-state index contributed by atoms with van der Waals surface area (Å²) in [5.41, 5.74) is 0. The van der Waals surface area contributed by atoms with Crippen LogP contribution in [0.15, 0.2) is 0 Å². The summed E-state index contributed by atoms with van der Waals surface area (Å²) in [6, 6.07) is -1.01. The molecule has 0 aromatic carbocycles. The second kappa shape index (κ2) is 4.11. The maximum absolute atomic E-state index is 11.2. The summed E-state index contributed by atoms with van der Waals surface area (Å²) < 4.78 is 0. The highest BCUT2D eigenvalue weighted by Gasteiger charge is 2.36. The number of likely N-dealkylation sites (tertiary alicyclic amines) is 1. The normalized spacial score (nSPS) is 23.3. The third kappa shape index (κ3) is 2.03. The fraction of sp³-hybridized carbons (Fsp3) is 0.556. The molecule has 5 heteroatoms. The molecule has 2 unspecified atom stereocenters. The molecule has 14 heavy (non-hydrogen) atoms. The van der Waals surface area contributed by atoms with Gasteiger partial charge in [0.1, 0.15) is 6.04 Å². The second-order valence-corrected chi connectivity index (χ2v) is 3.17. The number of rotatable bonds is 3. The van der Waals surface area contributed by atoms with Gasteiger partial charge in [0.15, 0.2) is 0 Å². The molecule has 2 N–H and O–H groups in total. The van der Waals surface area contributed by atoms with E-state index in [9.17, 15) is 9.59 Å². The number of amides is 1. The highest BCUT2D eigenvalue weighted by Crippen LogP contribution is 2.16. The first-order chi connectivity index (χ1) is 6.56. The largest absolute Gasteiger partial charge is 0.480 e. The fourth-order valence-electron chi connectivity index (χ4n) is 1.46. The quantitative estimate of drug-likeness (QED) is 0.572. The number of hydrogen-bond acceptors (Lipinski definition) is 3. The van der Waals surface area contributed by atoms with E-state index in [1.165, 1.54) is 0 Å². The number of hydrogen-bond donors (Lipinski definition) is 2. The lowest BCUT2D eigenvalue weighted by Crippen LogP contribution is -2.42. The first-order valence-corrected chi connectivity index (χ1v) is 4.20. The van der Waals surface area contributed by atoms with Gasteiger partial charge in [0.25, 0.3) is 0 Å². The van der Waals surface area contributed by atoms with Crippen molar-refractivity contribution in [1.29, 1.82) is 0 Å². The molecule has 5 nitrogen and oxygen atoms in total. The van der Waals surface area contributed by atoms with Gasteiger partial charge in [-0.25, -0.2) is 4.79 Å². The molecule has 0 saturated carbocycles. The van der Waals surface area contributed by atoms with Crippen molar-refractivity contribution in [3.63, 3.8) is 0 Å². The topological polar surface area (TPSA) is 77.8 Å². The Hall–Kier alpha value is -1.54. The molecule has 0 radical (unpaired) electrons. The number of aliphatic hydroxyl groups excluding tert-OH is 1. The van der Waals surface area contributed by atoms with E-state index in [0.29, 0.717) is 0 Å². The predicted molar refractivity (Wildman–Crippen MR) is 47.2 cm³/mol. The van der Waals surface area contributed by atoms with Gasteiger partial charge in [-0.3, -0.25) is 4.79 Å². The van der Waals surface area contributed by atoms with Gasteiger partial charge in [0, 0.05) is 13.0 Å². The van der Waals surface area contributed by atoms with Gasteiger partial charge in [0.05, 0.1) is 12.5 Å². The van der Waals surface area contributed by atoms with Crippen LogP contribution in [0.5, 0.6) is 0 Å². The van der Waals surface area contributed by atoms with E-state index in [1.807, 2.05) is 0 Å². The summed E-state index contributed by atoms with van der Waals surface area (Å²) in [5, 5.41) is 18.0. The predicted octanol–water partition coefficient (Wildman–Crippen LogP) is -0.944. The Morgan fingerprint density at radius 3 is 2.79 bits per heavy atom. The molecule has 1 rings (SSSR count). The number of aliphatic carboxylic acids is 1. The Morgan fingerprint density at radius 1 is 1.79 bits per heavy atom. The van der Waals surface area contributed by atoms with E-state index in [1.54, 1.807) is 0 Å². The molecular formula is C9H11NO4. The smallest absolute Gasteiger partial charge is 0.327 e. The van der Waals surface area contributed by atoms with Crippen LogP contribution in [0, 0.1) is 12.3 Å². The maximum Gasteiger partial charge on any atom is 0.327 e. The van der Waals surface area contributed by atoms with Crippen molar-refractivity contribution in [3.8, 4) is 12.3 Å². The highest BCUT2D eigenvalue weighted by atomic mass is 16.4. The molecule has 1 saturated heterocycles. The summed E-state index contributed by atoms with van der Waals surface area (Å²) in [5.74, 6) is 0.710. The second-order valence-electron chi connectivity index (χ2n) is 3.17. The molecule has 0 bridgehead atoms. The summed E-state index contributed by atoms with van der Waals surface area (Å²) in [4.78, 5) is 23.1. The van der Waals surface area contributed by atoms with Crippen LogP contribution in [0.1, 0.15) is 12.8 Å². The molecule has 2 atom stereocenters. The van der Waals surface area contributed by atoms with Crippen LogP contribution in [0.3, 0.4) is 0 Å². The average molecular weight is 197 g/mol. The molecular weight excluding hydrogens is 186 g/mol. The van der Waals surface area contributed by atoms with Gasteiger partial charge in [-0.05, 0) is 0 Å². The first-order valence-electron chi connectivity index (χ1n) is 4.20. The minimum atomic E-state index is -1.13. The summed E-state index contributed by atoms with van der Waals surface area (Å²) in [6.45, 7) is 0.0531. The third-order valence-corrected chi connectivity index (χ3v) is 2.11. The molecule has 0 aromatic heterocycles. The molecule has 0 aromatic rings. The minimum absolute atomic E-state index is 0.0195. The standard InChI is InChI=1S/C9H11NO4/c1-2-3-7(9(13)14)10-5-6(11)4-8(10)12/h1,6-7,11H,3-5H2,(H,13,14). The number of nitrogens with zero attached hydrogens (tertiary/aromatic N) is 1. The van der Waals surface area contributed by atoms with Crippen LogP contribution < -0.4 is 0 Å². The molecule has 1 fully saturated rings. The van der Waals surface area contributed by atoms with Crippen molar-refractivity contribution in [3.05, 3.63) is 0 Å². The third-order valence-electron chi connectivity index (χ3n) is 2.11. The van der Waals surface area contributed by atoms with Crippen LogP contribution in [0.4, 0.5) is 0 Å². The Kier molecular flexibility index (Phi) is 3.10. The number of carbonyl (C=O) groups excluding carboxylic acids is 1. The fourth-order valence-corrected chi connectivity index (χ4v) is 1.46. The average Bonchev–Trinajstić information content (AvgIpc) is 2.40. The van der Waals surface area contributed by atoms with Crippen molar-refractivity contribution in [2.75, 3.05) is 6.54 Å². The number of carboxylic acid groups (broad SMARTS) is 1. The van der Waals surface area contributed by atoms with Crippen molar-refractivity contribution < 1.29 is 19.8 Å². The number of carbonyl (C=O) groups is 2. The Balaban J connectivity index is 2.74. The summed E-state index contributed by atoms with van der Waals surface area (Å²) in [7, 11) is 0. The highest BCUT2D eigenvalue weighted by molar-refractivity contribution is 5.85. The Bertz CT molecular complexity index is 294. The molecule has 1 heterocycles. The van der Waals surface area contributed by atoms with Crippen LogP contribution in [0.25, 0.3) is 0 Å². The van der Waals surface area contributed by atoms with Crippen LogP contribution in [-0.4, -0.2) is 45.7 Å². The van der Waals surface area contributed by atoms with E-state index in [0.717, 1.165) is 4.90 Å². The van der Waals surface area contributed by atoms with Gasteiger partial charge < -0.3 is 15.1 Å². The van der Waals surface area contributed by atoms with Crippen molar-refractivity contribution in [2.45, 2.75) is 25.0 Å². The summed E-state index contributed by atoms with van der Waals surface area (Å²) >= 11 is 0. The van der Waals surface area contributed by atoms with Gasteiger partial charge >= 0.3 is 5.97 Å².